The first-order valence-electron chi connectivity index (χ1n) is 10.8. The molecule has 3 fully saturated rings. The predicted octanol–water partition coefficient (Wildman–Crippen LogP) is 4.85. The maximum atomic E-state index is 13.4. The van der Waals surface area contributed by atoms with E-state index >= 15 is 0 Å². The van der Waals surface area contributed by atoms with E-state index in [-0.39, 0.29) is 5.91 Å². The van der Waals surface area contributed by atoms with Gasteiger partial charge in [-0.3, -0.25) is 4.79 Å². The number of nitrogens with zero attached hydrogens (tertiary/aromatic N) is 4. The number of pyridine rings is 1. The van der Waals surface area contributed by atoms with Crippen LogP contribution < -0.4 is 5.32 Å². The summed E-state index contributed by atoms with van der Waals surface area (Å²) in [4.78, 5) is 18.1. The molecule has 3 aromatic rings. The summed E-state index contributed by atoms with van der Waals surface area (Å²) in [5.74, 6) is 1.49. The van der Waals surface area contributed by atoms with Gasteiger partial charge in [0.2, 0.25) is 0 Å². The number of carbonyl (C=O) groups is 1. The van der Waals surface area contributed by atoms with E-state index in [1.54, 1.807) is 0 Å². The molecule has 7 nitrogen and oxygen atoms in total. The van der Waals surface area contributed by atoms with E-state index < -0.39 is 0 Å². The van der Waals surface area contributed by atoms with Gasteiger partial charge in [0.15, 0.2) is 0 Å². The van der Waals surface area contributed by atoms with Gasteiger partial charge in [-0.15, -0.1) is 0 Å². The van der Waals surface area contributed by atoms with Gasteiger partial charge < -0.3 is 9.84 Å². The minimum atomic E-state index is -0.122. The number of rotatable bonds is 5. The molecular weight excluding hydrogens is 366 g/mol. The second kappa shape index (κ2) is 6.40. The second-order valence-electron chi connectivity index (χ2n) is 8.90. The van der Waals surface area contributed by atoms with Crippen molar-refractivity contribution in [3.63, 3.8) is 0 Å². The summed E-state index contributed by atoms with van der Waals surface area (Å²) in [7, 11) is 0. The van der Waals surface area contributed by atoms with Gasteiger partial charge in [-0.1, -0.05) is 18.0 Å². The third kappa shape index (κ3) is 3.03. The van der Waals surface area contributed by atoms with Gasteiger partial charge in [-0.25, -0.2) is 9.67 Å². The molecule has 7 heteroatoms. The van der Waals surface area contributed by atoms with E-state index in [0.29, 0.717) is 29.2 Å². The Kier molecular flexibility index (Phi) is 3.79. The van der Waals surface area contributed by atoms with Crippen molar-refractivity contribution in [3.05, 3.63) is 34.8 Å². The SMILES string of the molecule is Cc1cc(NC(=O)c2cc(C3CC3)nc3onc(C4CC4)c23)n(C2CCCC2)n1. The van der Waals surface area contributed by atoms with E-state index in [0.717, 1.165) is 66.8 Å². The monoisotopic (exact) mass is 391 g/mol. The molecular formula is C22H25N5O2. The fraction of sp³-hybridized carbons (Fsp3) is 0.545. The Morgan fingerprint density at radius 3 is 2.59 bits per heavy atom. The Hall–Kier alpha value is -2.70. The molecule has 3 aliphatic rings. The topological polar surface area (TPSA) is 85.8 Å². The first-order valence-corrected chi connectivity index (χ1v) is 10.8. The Bertz CT molecular complexity index is 1100. The molecule has 0 unspecified atom stereocenters. The van der Waals surface area contributed by atoms with Gasteiger partial charge in [0.25, 0.3) is 11.6 Å². The first kappa shape index (κ1) is 17.2. The third-order valence-electron chi connectivity index (χ3n) is 6.47. The van der Waals surface area contributed by atoms with Crippen LogP contribution in [0.3, 0.4) is 0 Å². The van der Waals surface area contributed by atoms with Crippen LogP contribution in [0.25, 0.3) is 11.1 Å². The van der Waals surface area contributed by atoms with Crippen LogP contribution in [0.15, 0.2) is 16.7 Å². The molecule has 0 spiro atoms. The average molecular weight is 391 g/mol. The highest BCUT2D eigenvalue weighted by Crippen LogP contribution is 2.45. The van der Waals surface area contributed by atoms with Crippen molar-refractivity contribution in [1.82, 2.24) is 19.9 Å². The fourth-order valence-electron chi connectivity index (χ4n) is 4.62. The molecule has 6 rings (SSSR count). The van der Waals surface area contributed by atoms with Gasteiger partial charge in [0, 0.05) is 23.6 Å². The zero-order valence-corrected chi connectivity index (χ0v) is 16.6. The van der Waals surface area contributed by atoms with Crippen LogP contribution in [0, 0.1) is 6.92 Å². The van der Waals surface area contributed by atoms with Crippen molar-refractivity contribution >= 4 is 22.8 Å². The molecule has 0 aliphatic heterocycles. The maximum absolute atomic E-state index is 13.4. The molecule has 0 atom stereocenters. The van der Waals surface area contributed by atoms with E-state index in [2.05, 4.69) is 20.6 Å². The second-order valence-corrected chi connectivity index (χ2v) is 8.90. The zero-order valence-electron chi connectivity index (χ0n) is 16.6. The molecule has 0 bridgehead atoms. The fourth-order valence-corrected chi connectivity index (χ4v) is 4.62. The smallest absolute Gasteiger partial charge is 0.259 e. The Balaban J connectivity index is 1.40. The molecule has 1 amide bonds. The molecule has 0 aromatic carbocycles. The summed E-state index contributed by atoms with van der Waals surface area (Å²) in [6, 6.07) is 4.30. The van der Waals surface area contributed by atoms with Crippen LogP contribution in [0.4, 0.5) is 5.82 Å². The summed E-state index contributed by atoms with van der Waals surface area (Å²) in [6.45, 7) is 1.97. The number of aromatic nitrogens is 4. The van der Waals surface area contributed by atoms with Gasteiger partial charge in [-0.05, 0) is 51.5 Å². The standard InChI is InChI=1S/C22H25N5O2/c1-12-10-18(27(25-12)15-4-2-3-5-15)24-21(28)16-11-17(13-6-7-13)23-22-19(16)20(26-29-22)14-8-9-14/h10-11,13-15H,2-9H2,1H3,(H,24,28). The number of amides is 1. The normalized spacial score (nSPS) is 19.9. The first-order chi connectivity index (χ1) is 14.2. The lowest BCUT2D eigenvalue weighted by Crippen LogP contribution is -2.18. The zero-order chi connectivity index (χ0) is 19.5. The van der Waals surface area contributed by atoms with Gasteiger partial charge in [0.1, 0.15) is 5.82 Å². The number of anilines is 1. The number of hydrogen-bond acceptors (Lipinski definition) is 5. The average Bonchev–Trinajstić information content (AvgIpc) is 3.61. The van der Waals surface area contributed by atoms with Crippen LogP contribution in [0.5, 0.6) is 0 Å². The lowest BCUT2D eigenvalue weighted by atomic mass is 10.1. The summed E-state index contributed by atoms with van der Waals surface area (Å²) < 4.78 is 7.57. The third-order valence-corrected chi connectivity index (χ3v) is 6.47. The van der Waals surface area contributed by atoms with Crippen LogP contribution in [0.1, 0.15) is 96.7 Å². The summed E-state index contributed by atoms with van der Waals surface area (Å²) in [6.07, 6.45) is 9.12. The van der Waals surface area contributed by atoms with Crippen LogP contribution in [0.2, 0.25) is 0 Å². The van der Waals surface area contributed by atoms with Crippen molar-refractivity contribution in [2.24, 2.45) is 0 Å². The van der Waals surface area contributed by atoms with E-state index in [1.165, 1.54) is 12.8 Å². The van der Waals surface area contributed by atoms with Crippen molar-refractivity contribution < 1.29 is 9.32 Å². The Morgan fingerprint density at radius 2 is 1.86 bits per heavy atom. The highest BCUT2D eigenvalue weighted by molar-refractivity contribution is 6.12. The largest absolute Gasteiger partial charge is 0.335 e. The minimum absolute atomic E-state index is 0.122. The highest BCUT2D eigenvalue weighted by Gasteiger charge is 2.34. The molecule has 3 aliphatic carbocycles. The molecule has 29 heavy (non-hydrogen) atoms. The number of aryl methyl sites for hydroxylation is 1. The summed E-state index contributed by atoms with van der Waals surface area (Å²) in [5, 5.41) is 12.9. The van der Waals surface area contributed by atoms with Crippen LogP contribution in [-0.2, 0) is 0 Å². The molecule has 0 saturated heterocycles. The summed E-state index contributed by atoms with van der Waals surface area (Å²) >= 11 is 0. The quantitative estimate of drug-likeness (QED) is 0.672. The van der Waals surface area contributed by atoms with Gasteiger partial charge >= 0.3 is 0 Å². The van der Waals surface area contributed by atoms with Crippen LogP contribution >= 0.6 is 0 Å². The van der Waals surface area contributed by atoms with Crippen molar-refractivity contribution in [3.8, 4) is 0 Å². The van der Waals surface area contributed by atoms with Crippen molar-refractivity contribution in [2.45, 2.75) is 76.2 Å². The minimum Gasteiger partial charge on any atom is -0.335 e. The number of carbonyl (C=O) groups excluding carboxylic acids is 1. The molecule has 3 saturated carbocycles. The predicted molar refractivity (Wildman–Crippen MR) is 108 cm³/mol. The highest BCUT2D eigenvalue weighted by atomic mass is 16.5. The van der Waals surface area contributed by atoms with Crippen molar-refractivity contribution in [2.75, 3.05) is 5.32 Å². The molecule has 1 N–H and O–H groups in total. The Morgan fingerprint density at radius 1 is 1.10 bits per heavy atom. The molecule has 150 valence electrons. The van der Waals surface area contributed by atoms with E-state index in [1.807, 2.05) is 23.7 Å². The molecule has 3 aromatic heterocycles. The number of fused-ring (bicyclic) bond motifs is 1. The summed E-state index contributed by atoms with van der Waals surface area (Å²) in [5.41, 5.74) is 3.90. The number of hydrogen-bond donors (Lipinski definition) is 1. The number of nitrogens with one attached hydrogen (secondary N) is 1. The lowest BCUT2D eigenvalue weighted by molar-refractivity contribution is 0.102. The lowest BCUT2D eigenvalue weighted by Gasteiger charge is -2.15. The maximum Gasteiger partial charge on any atom is 0.259 e. The molecule has 0 radical (unpaired) electrons. The van der Waals surface area contributed by atoms with Gasteiger partial charge in [-0.2, -0.15) is 5.10 Å². The van der Waals surface area contributed by atoms with E-state index in [4.69, 9.17) is 4.52 Å². The Labute approximate surface area is 168 Å². The van der Waals surface area contributed by atoms with Gasteiger partial charge in [0.05, 0.1) is 28.4 Å². The van der Waals surface area contributed by atoms with Crippen molar-refractivity contribution in [1.29, 1.82) is 0 Å². The molecule has 3 heterocycles. The van der Waals surface area contributed by atoms with Crippen LogP contribution in [-0.4, -0.2) is 25.8 Å². The van der Waals surface area contributed by atoms with E-state index in [9.17, 15) is 4.79 Å².